The van der Waals surface area contributed by atoms with E-state index in [1.54, 1.807) is 12.1 Å². The molecule has 0 spiro atoms. The SMILES string of the molecule is COc1cc([C@H]2[C@@H]3CCCC=C3[C@@H](C#N)C(=N)C2(C#N)C#N)cc(OC)c1OC. The predicted molar refractivity (Wildman–Crippen MR) is 105 cm³/mol. The van der Waals surface area contributed by atoms with Crippen LogP contribution in [0, 0.1) is 56.7 Å². The van der Waals surface area contributed by atoms with Gasteiger partial charge in [-0.05, 0) is 48.4 Å². The summed E-state index contributed by atoms with van der Waals surface area (Å²) in [6.45, 7) is 0. The Bertz CT molecular complexity index is 954. The van der Waals surface area contributed by atoms with E-state index in [1.807, 2.05) is 6.08 Å². The van der Waals surface area contributed by atoms with Crippen molar-refractivity contribution in [1.82, 2.24) is 0 Å². The highest BCUT2D eigenvalue weighted by molar-refractivity contribution is 6.00. The van der Waals surface area contributed by atoms with Crippen molar-refractivity contribution in [1.29, 1.82) is 21.2 Å². The predicted octanol–water partition coefficient (Wildman–Crippen LogP) is 3.73. The van der Waals surface area contributed by atoms with Gasteiger partial charge in [-0.3, -0.25) is 0 Å². The monoisotopic (exact) mass is 390 g/mol. The van der Waals surface area contributed by atoms with E-state index in [-0.39, 0.29) is 11.6 Å². The maximum absolute atomic E-state index is 10.1. The van der Waals surface area contributed by atoms with Gasteiger partial charge in [0.05, 0.1) is 45.2 Å². The summed E-state index contributed by atoms with van der Waals surface area (Å²) in [5, 5.41) is 38.5. The van der Waals surface area contributed by atoms with Crippen molar-refractivity contribution in [2.45, 2.75) is 25.2 Å². The van der Waals surface area contributed by atoms with Crippen LogP contribution in [0.25, 0.3) is 0 Å². The van der Waals surface area contributed by atoms with Gasteiger partial charge in [0.2, 0.25) is 5.75 Å². The Labute approximate surface area is 170 Å². The third-order valence-corrected chi connectivity index (χ3v) is 5.97. The van der Waals surface area contributed by atoms with Crippen LogP contribution in [-0.2, 0) is 0 Å². The van der Waals surface area contributed by atoms with Crippen molar-refractivity contribution in [3.63, 3.8) is 0 Å². The van der Waals surface area contributed by atoms with Crippen LogP contribution in [0.15, 0.2) is 23.8 Å². The van der Waals surface area contributed by atoms with Crippen molar-refractivity contribution in [3.05, 3.63) is 29.3 Å². The van der Waals surface area contributed by atoms with Crippen molar-refractivity contribution in [3.8, 4) is 35.5 Å². The van der Waals surface area contributed by atoms with E-state index in [1.165, 1.54) is 21.3 Å². The van der Waals surface area contributed by atoms with Crippen LogP contribution in [0.5, 0.6) is 17.2 Å². The summed E-state index contributed by atoms with van der Waals surface area (Å²) >= 11 is 0. The number of benzene rings is 1. The standard InChI is InChI=1S/C22H22N4O3/c1-27-17-8-13(9-18(28-2)20(17)29-3)19-15-7-5-4-6-14(15)16(10-23)21(26)22(19,11-24)12-25/h6,8-9,15-16,19,26H,4-5,7H2,1-3H3/t15-,16-,19+/m1/s1. The summed E-state index contributed by atoms with van der Waals surface area (Å²) in [6.07, 6.45) is 4.46. The minimum atomic E-state index is -1.75. The minimum absolute atomic E-state index is 0.159. The van der Waals surface area contributed by atoms with E-state index in [0.29, 0.717) is 22.8 Å². The molecule has 29 heavy (non-hydrogen) atoms. The summed E-state index contributed by atoms with van der Waals surface area (Å²) < 4.78 is 16.3. The average Bonchev–Trinajstić information content (AvgIpc) is 2.77. The molecule has 2 aliphatic carbocycles. The third-order valence-electron chi connectivity index (χ3n) is 5.97. The Morgan fingerprint density at radius 1 is 1.03 bits per heavy atom. The lowest BCUT2D eigenvalue weighted by Gasteiger charge is -2.45. The number of ether oxygens (including phenoxy) is 3. The smallest absolute Gasteiger partial charge is 0.203 e. The van der Waals surface area contributed by atoms with Crippen molar-refractivity contribution >= 4 is 5.71 Å². The molecule has 1 aromatic carbocycles. The topological polar surface area (TPSA) is 123 Å². The fourth-order valence-electron chi connectivity index (χ4n) is 4.67. The summed E-state index contributed by atoms with van der Waals surface area (Å²) in [5.74, 6) is -0.403. The Morgan fingerprint density at radius 2 is 1.66 bits per heavy atom. The maximum atomic E-state index is 10.1. The van der Waals surface area contributed by atoms with Crippen LogP contribution in [0.2, 0.25) is 0 Å². The number of nitrogens with one attached hydrogen (secondary N) is 1. The van der Waals surface area contributed by atoms with Gasteiger partial charge in [-0.2, -0.15) is 15.8 Å². The Morgan fingerprint density at radius 3 is 2.14 bits per heavy atom. The summed E-state index contributed by atoms with van der Waals surface area (Å²) in [6, 6.07) is 9.80. The second-order valence-corrected chi connectivity index (χ2v) is 7.19. The zero-order valence-corrected chi connectivity index (χ0v) is 16.7. The highest BCUT2D eigenvalue weighted by Crippen LogP contribution is 2.56. The molecule has 2 aliphatic rings. The lowest BCUT2D eigenvalue weighted by Crippen LogP contribution is -2.48. The van der Waals surface area contributed by atoms with Gasteiger partial charge < -0.3 is 19.6 Å². The van der Waals surface area contributed by atoms with E-state index in [2.05, 4.69) is 18.2 Å². The largest absolute Gasteiger partial charge is 0.493 e. The Kier molecular flexibility index (Phi) is 5.48. The first-order valence-electron chi connectivity index (χ1n) is 9.33. The summed E-state index contributed by atoms with van der Waals surface area (Å²) in [5.41, 5.74) is -0.414. The van der Waals surface area contributed by atoms with Crippen LogP contribution in [-0.4, -0.2) is 27.0 Å². The Hall–Kier alpha value is -3.50. The van der Waals surface area contributed by atoms with Crippen LogP contribution in [0.4, 0.5) is 0 Å². The van der Waals surface area contributed by atoms with Crippen LogP contribution in [0.3, 0.4) is 0 Å². The number of rotatable bonds is 4. The molecule has 0 heterocycles. The molecule has 0 radical (unpaired) electrons. The van der Waals surface area contributed by atoms with Gasteiger partial charge in [-0.25, -0.2) is 0 Å². The Balaban J connectivity index is 2.31. The fraction of sp³-hybridized carbons (Fsp3) is 0.455. The first-order chi connectivity index (χ1) is 14.0. The van der Waals surface area contributed by atoms with Gasteiger partial charge in [0.1, 0.15) is 5.92 Å². The first-order valence-corrected chi connectivity index (χ1v) is 9.33. The zero-order chi connectivity index (χ0) is 21.2. The van der Waals surface area contributed by atoms with Gasteiger partial charge >= 0.3 is 0 Å². The maximum Gasteiger partial charge on any atom is 0.203 e. The van der Waals surface area contributed by atoms with Gasteiger partial charge in [0.15, 0.2) is 16.9 Å². The number of nitriles is 3. The zero-order valence-electron chi connectivity index (χ0n) is 16.7. The lowest BCUT2D eigenvalue weighted by molar-refractivity contribution is 0.307. The first kappa shape index (κ1) is 20.2. The molecule has 0 amide bonds. The number of nitrogens with zero attached hydrogens (tertiary/aromatic N) is 3. The van der Waals surface area contributed by atoms with Gasteiger partial charge in [0, 0.05) is 5.92 Å². The summed E-state index contributed by atoms with van der Waals surface area (Å²) in [4.78, 5) is 0. The average molecular weight is 390 g/mol. The van der Waals surface area contributed by atoms with Crippen molar-refractivity contribution < 1.29 is 14.2 Å². The molecule has 1 N–H and O–H groups in total. The lowest BCUT2D eigenvalue weighted by atomic mass is 9.53. The number of methoxy groups -OCH3 is 3. The number of allylic oxidation sites excluding steroid dienone is 2. The van der Waals surface area contributed by atoms with Crippen molar-refractivity contribution in [2.75, 3.05) is 21.3 Å². The fourth-order valence-corrected chi connectivity index (χ4v) is 4.67. The molecule has 7 heteroatoms. The van der Waals surface area contributed by atoms with Gasteiger partial charge in [-0.15, -0.1) is 0 Å². The molecule has 148 valence electrons. The highest BCUT2D eigenvalue weighted by Gasteiger charge is 2.57. The van der Waals surface area contributed by atoms with Gasteiger partial charge in [-0.1, -0.05) is 6.08 Å². The van der Waals surface area contributed by atoms with Crippen LogP contribution < -0.4 is 14.2 Å². The molecule has 0 bridgehead atoms. The molecule has 0 aliphatic heterocycles. The highest BCUT2D eigenvalue weighted by atomic mass is 16.5. The van der Waals surface area contributed by atoms with Crippen molar-refractivity contribution in [2.24, 2.45) is 17.3 Å². The molecule has 0 aromatic heterocycles. The van der Waals surface area contributed by atoms with E-state index in [0.717, 1.165) is 24.8 Å². The molecule has 1 fully saturated rings. The second-order valence-electron chi connectivity index (χ2n) is 7.19. The molecule has 7 nitrogen and oxygen atoms in total. The number of hydrogen-bond donors (Lipinski definition) is 1. The van der Waals surface area contributed by atoms with E-state index in [4.69, 9.17) is 19.6 Å². The summed E-state index contributed by atoms with van der Waals surface area (Å²) in [7, 11) is 4.51. The molecule has 1 aromatic rings. The minimum Gasteiger partial charge on any atom is -0.493 e. The molecular formula is C22H22N4O3. The molecule has 0 unspecified atom stereocenters. The quantitative estimate of drug-likeness (QED) is 0.781. The van der Waals surface area contributed by atoms with E-state index < -0.39 is 17.3 Å². The number of hydrogen-bond acceptors (Lipinski definition) is 7. The van der Waals surface area contributed by atoms with E-state index in [9.17, 15) is 15.8 Å². The van der Waals surface area contributed by atoms with E-state index >= 15 is 0 Å². The molecule has 3 rings (SSSR count). The third kappa shape index (κ3) is 2.89. The van der Waals surface area contributed by atoms with Crippen LogP contribution >= 0.6 is 0 Å². The number of fused-ring (bicyclic) bond motifs is 1. The molecule has 3 atom stereocenters. The second kappa shape index (κ2) is 7.86. The molecule has 0 saturated heterocycles. The normalized spacial score (nSPS) is 24.8. The van der Waals surface area contributed by atoms with Crippen LogP contribution in [0.1, 0.15) is 30.7 Å². The van der Waals surface area contributed by atoms with Gasteiger partial charge in [0.25, 0.3) is 0 Å². The molecular weight excluding hydrogens is 368 g/mol. The molecule has 1 saturated carbocycles.